The van der Waals surface area contributed by atoms with Crippen molar-refractivity contribution in [2.45, 2.75) is 45.3 Å². The first-order valence-corrected chi connectivity index (χ1v) is 9.74. The van der Waals surface area contributed by atoms with Crippen molar-refractivity contribution in [2.75, 3.05) is 6.54 Å². The van der Waals surface area contributed by atoms with Gasteiger partial charge in [-0.1, -0.05) is 25.4 Å². The zero-order valence-electron chi connectivity index (χ0n) is 15.7. The first-order chi connectivity index (χ1) is 13.0. The quantitative estimate of drug-likeness (QED) is 0.390. The second-order valence-electron chi connectivity index (χ2n) is 6.39. The number of halogens is 2. The van der Waals surface area contributed by atoms with Crippen LogP contribution in [-0.2, 0) is 14.4 Å². The Morgan fingerprint density at radius 1 is 1.36 bits per heavy atom. The van der Waals surface area contributed by atoms with Gasteiger partial charge in [0.2, 0.25) is 5.91 Å². The lowest BCUT2D eigenvalue weighted by molar-refractivity contribution is -0.144. The second kappa shape index (κ2) is 10.9. The molecule has 0 saturated heterocycles. The van der Waals surface area contributed by atoms with Crippen molar-refractivity contribution in [3.63, 3.8) is 0 Å². The van der Waals surface area contributed by atoms with Crippen LogP contribution in [0.15, 0.2) is 5.38 Å². The molecule has 0 aromatic carbocycles. The summed E-state index contributed by atoms with van der Waals surface area (Å²) in [7, 11) is 0. The fourth-order valence-electron chi connectivity index (χ4n) is 2.17. The SMILES string of the molecule is Cc1nc(C(=O)NC(CC(C)C)C(=O)NN(CCC(N)=O)C(=O)C(F)Cl)cs1. The summed E-state index contributed by atoms with van der Waals surface area (Å²) in [5, 5.41) is 5.38. The van der Waals surface area contributed by atoms with E-state index in [-0.39, 0.29) is 31.0 Å². The summed E-state index contributed by atoms with van der Waals surface area (Å²) in [5.74, 6) is -3.29. The van der Waals surface area contributed by atoms with Gasteiger partial charge in [-0.2, -0.15) is 0 Å². The fourth-order valence-corrected chi connectivity index (χ4v) is 2.89. The van der Waals surface area contributed by atoms with E-state index in [0.717, 1.165) is 0 Å². The van der Waals surface area contributed by atoms with Gasteiger partial charge < -0.3 is 11.1 Å². The molecule has 4 amide bonds. The predicted octanol–water partition coefficient (Wildman–Crippen LogP) is 0.866. The van der Waals surface area contributed by atoms with Gasteiger partial charge in [0.05, 0.1) is 11.6 Å². The molecule has 28 heavy (non-hydrogen) atoms. The van der Waals surface area contributed by atoms with Crippen molar-refractivity contribution < 1.29 is 23.6 Å². The predicted molar refractivity (Wildman–Crippen MR) is 102 cm³/mol. The van der Waals surface area contributed by atoms with E-state index in [1.165, 1.54) is 11.3 Å². The Bertz CT molecular complexity index is 728. The number of nitrogens with two attached hydrogens (primary N) is 1. The van der Waals surface area contributed by atoms with E-state index in [0.29, 0.717) is 10.0 Å². The van der Waals surface area contributed by atoms with Gasteiger partial charge in [0, 0.05) is 11.8 Å². The van der Waals surface area contributed by atoms with Crippen LogP contribution in [0, 0.1) is 12.8 Å². The molecule has 1 heterocycles. The van der Waals surface area contributed by atoms with Crippen LogP contribution in [0.1, 0.15) is 42.2 Å². The molecule has 1 rings (SSSR count). The van der Waals surface area contributed by atoms with E-state index >= 15 is 0 Å². The molecule has 9 nitrogen and oxygen atoms in total. The average molecular weight is 436 g/mol. The smallest absolute Gasteiger partial charge is 0.291 e. The molecule has 2 unspecified atom stereocenters. The lowest BCUT2D eigenvalue weighted by Crippen LogP contribution is -2.56. The van der Waals surface area contributed by atoms with Crippen LogP contribution in [0.5, 0.6) is 0 Å². The van der Waals surface area contributed by atoms with E-state index in [1.54, 1.807) is 12.3 Å². The highest BCUT2D eigenvalue weighted by Gasteiger charge is 2.29. The number of carbonyl (C=O) groups excluding carboxylic acids is 4. The number of hydrazine groups is 1. The zero-order valence-corrected chi connectivity index (χ0v) is 17.3. The number of hydrogen-bond acceptors (Lipinski definition) is 6. The Morgan fingerprint density at radius 3 is 2.46 bits per heavy atom. The lowest BCUT2D eigenvalue weighted by atomic mass is 10.0. The molecule has 1 aromatic rings. The third-order valence-corrected chi connectivity index (χ3v) is 4.42. The molecule has 0 saturated carbocycles. The summed E-state index contributed by atoms with van der Waals surface area (Å²) in [6.45, 7) is 5.06. The number of alkyl halides is 2. The van der Waals surface area contributed by atoms with Crippen LogP contribution in [0.4, 0.5) is 4.39 Å². The van der Waals surface area contributed by atoms with Crippen molar-refractivity contribution in [1.82, 2.24) is 20.7 Å². The minimum absolute atomic E-state index is 0.0185. The molecule has 0 fully saturated rings. The summed E-state index contributed by atoms with van der Waals surface area (Å²) in [5.41, 5.74) is 4.98. The molecule has 1 aromatic heterocycles. The monoisotopic (exact) mass is 435 g/mol. The Kier molecular flexibility index (Phi) is 9.26. The fraction of sp³-hybridized carbons (Fsp3) is 0.562. The van der Waals surface area contributed by atoms with Crippen LogP contribution < -0.4 is 16.5 Å². The van der Waals surface area contributed by atoms with Crippen LogP contribution in [0.2, 0.25) is 0 Å². The second-order valence-corrected chi connectivity index (χ2v) is 7.84. The van der Waals surface area contributed by atoms with E-state index in [9.17, 15) is 23.6 Å². The Hall–Kier alpha value is -2.27. The number of primary amides is 1. The summed E-state index contributed by atoms with van der Waals surface area (Å²) in [6.07, 6.45) is -0.0621. The molecular weight excluding hydrogens is 413 g/mol. The molecule has 0 aliphatic heterocycles. The minimum atomic E-state index is -2.41. The van der Waals surface area contributed by atoms with Crippen LogP contribution >= 0.6 is 22.9 Å². The number of nitrogens with one attached hydrogen (secondary N) is 2. The largest absolute Gasteiger partial charge is 0.370 e. The van der Waals surface area contributed by atoms with Crippen molar-refractivity contribution in [3.05, 3.63) is 16.1 Å². The molecule has 0 bridgehead atoms. The summed E-state index contributed by atoms with van der Waals surface area (Å²) >= 11 is 6.43. The maximum atomic E-state index is 13.2. The van der Waals surface area contributed by atoms with Gasteiger partial charge in [-0.15, -0.1) is 11.3 Å². The van der Waals surface area contributed by atoms with Gasteiger partial charge in [0.1, 0.15) is 11.7 Å². The Labute approximate surface area is 170 Å². The van der Waals surface area contributed by atoms with Gasteiger partial charge in [-0.3, -0.25) is 24.6 Å². The molecule has 12 heteroatoms. The van der Waals surface area contributed by atoms with E-state index in [4.69, 9.17) is 17.3 Å². The number of carbonyl (C=O) groups is 4. The third-order valence-electron chi connectivity index (χ3n) is 3.46. The van der Waals surface area contributed by atoms with Crippen LogP contribution in [0.25, 0.3) is 0 Å². The van der Waals surface area contributed by atoms with Gasteiger partial charge in [-0.25, -0.2) is 14.4 Å². The number of aryl methyl sites for hydroxylation is 1. The van der Waals surface area contributed by atoms with Gasteiger partial charge >= 0.3 is 0 Å². The minimum Gasteiger partial charge on any atom is -0.370 e. The van der Waals surface area contributed by atoms with Crippen LogP contribution in [0.3, 0.4) is 0 Å². The Morgan fingerprint density at radius 2 is 2.00 bits per heavy atom. The number of hydrogen-bond donors (Lipinski definition) is 3. The summed E-state index contributed by atoms with van der Waals surface area (Å²) in [6, 6.07) is -1.02. The molecule has 0 radical (unpaired) electrons. The molecule has 0 aliphatic carbocycles. The standard InChI is InChI=1S/C16H23ClFN5O4S/c1-8(2)6-10(21-14(25)11-7-28-9(3)20-11)15(26)22-23(5-4-12(19)24)16(27)13(17)18/h7-8,10,13H,4-6H2,1-3H3,(H2,19,24)(H,21,25)(H,22,26). The number of aromatic nitrogens is 1. The first kappa shape index (κ1) is 23.8. The summed E-state index contributed by atoms with van der Waals surface area (Å²) < 4.78 is 13.2. The molecule has 0 spiro atoms. The number of rotatable bonds is 9. The maximum absolute atomic E-state index is 13.2. The Balaban J connectivity index is 2.91. The van der Waals surface area contributed by atoms with Crippen molar-refractivity contribution in [2.24, 2.45) is 11.7 Å². The molecular formula is C16H23ClFN5O4S. The molecule has 4 N–H and O–H groups in total. The number of nitrogens with zero attached hydrogens (tertiary/aromatic N) is 2. The molecule has 2 atom stereocenters. The van der Waals surface area contributed by atoms with Crippen LogP contribution in [-0.4, -0.2) is 51.8 Å². The van der Waals surface area contributed by atoms with E-state index < -0.39 is 35.3 Å². The highest BCUT2D eigenvalue weighted by molar-refractivity contribution is 7.09. The van der Waals surface area contributed by atoms with Crippen molar-refractivity contribution >= 4 is 46.6 Å². The van der Waals surface area contributed by atoms with Gasteiger partial charge in [0.15, 0.2) is 0 Å². The highest BCUT2D eigenvalue weighted by atomic mass is 35.5. The van der Waals surface area contributed by atoms with E-state index in [2.05, 4.69) is 15.7 Å². The average Bonchev–Trinajstić information content (AvgIpc) is 3.03. The van der Waals surface area contributed by atoms with Gasteiger partial charge in [0.25, 0.3) is 23.4 Å². The number of thiazole rings is 1. The molecule has 0 aliphatic rings. The topological polar surface area (TPSA) is 134 Å². The lowest BCUT2D eigenvalue weighted by Gasteiger charge is -2.26. The van der Waals surface area contributed by atoms with Gasteiger partial charge in [-0.05, 0) is 19.3 Å². The number of amides is 4. The van der Waals surface area contributed by atoms with Crippen molar-refractivity contribution in [3.8, 4) is 0 Å². The van der Waals surface area contributed by atoms with E-state index in [1.807, 2.05) is 13.8 Å². The highest BCUT2D eigenvalue weighted by Crippen LogP contribution is 2.11. The third kappa shape index (κ3) is 7.77. The summed E-state index contributed by atoms with van der Waals surface area (Å²) in [4.78, 5) is 51.8. The first-order valence-electron chi connectivity index (χ1n) is 8.42. The maximum Gasteiger partial charge on any atom is 0.291 e. The normalized spacial score (nSPS) is 12.9. The van der Waals surface area contributed by atoms with Crippen molar-refractivity contribution in [1.29, 1.82) is 0 Å². The zero-order chi connectivity index (χ0) is 21.4. The molecule has 156 valence electrons.